The van der Waals surface area contributed by atoms with Crippen LogP contribution in [0.5, 0.6) is 5.75 Å². The number of nitrogen functional groups attached to an aromatic ring is 1. The van der Waals surface area contributed by atoms with Crippen LogP contribution in [-0.4, -0.2) is 24.9 Å². The van der Waals surface area contributed by atoms with Gasteiger partial charge in [-0.3, -0.25) is 0 Å². The molecule has 5 rings (SSSR count). The fourth-order valence-electron chi connectivity index (χ4n) is 4.00. The summed E-state index contributed by atoms with van der Waals surface area (Å²) in [4.78, 5) is 8.63. The van der Waals surface area contributed by atoms with Gasteiger partial charge in [-0.25, -0.2) is 14.6 Å². The van der Waals surface area contributed by atoms with E-state index < -0.39 is 0 Å². The van der Waals surface area contributed by atoms with Gasteiger partial charge in [0.25, 0.3) is 0 Å². The number of hydrogen-bond donors (Lipinski definition) is 2. The monoisotopic (exact) mass is 391 g/mol. The van der Waals surface area contributed by atoms with E-state index in [0.29, 0.717) is 27.6 Å². The van der Waals surface area contributed by atoms with Gasteiger partial charge in [0.2, 0.25) is 0 Å². The van der Waals surface area contributed by atoms with Crippen LogP contribution in [0.4, 0.5) is 5.82 Å². The summed E-state index contributed by atoms with van der Waals surface area (Å²) in [5.74, 6) is 0.376. The number of rotatable bonds is 2. The number of anilines is 1. The highest BCUT2D eigenvalue weighted by atomic mass is 35.5. The smallest absolute Gasteiger partial charge is 0.164 e. The van der Waals surface area contributed by atoms with E-state index in [1.54, 1.807) is 12.1 Å². The molecule has 1 unspecified atom stereocenters. The third kappa shape index (κ3) is 2.68. The molecule has 1 aliphatic rings. The van der Waals surface area contributed by atoms with Gasteiger partial charge in [-0.05, 0) is 42.5 Å². The number of nitrogens with two attached hydrogens (primary N) is 1. The molecule has 1 atom stereocenters. The largest absolute Gasteiger partial charge is 0.506 e. The summed E-state index contributed by atoms with van der Waals surface area (Å²) in [7, 11) is 0. The molecule has 2 aromatic heterocycles. The Morgan fingerprint density at radius 3 is 2.75 bits per heavy atom. The Hall–Kier alpha value is -3.12. The van der Waals surface area contributed by atoms with Gasteiger partial charge >= 0.3 is 0 Å². The van der Waals surface area contributed by atoms with Crippen LogP contribution in [0.25, 0.3) is 22.3 Å². The zero-order chi connectivity index (χ0) is 19.3. The molecule has 0 bridgehead atoms. The molecule has 7 heteroatoms. The molecule has 0 saturated carbocycles. The highest BCUT2D eigenvalue weighted by Crippen LogP contribution is 2.37. The summed E-state index contributed by atoms with van der Waals surface area (Å²) in [5, 5.41) is 15.9. The molecule has 28 heavy (non-hydrogen) atoms. The summed E-state index contributed by atoms with van der Waals surface area (Å²) in [6.07, 6.45) is 4.33. The highest BCUT2D eigenvalue weighted by Gasteiger charge is 2.25. The average molecular weight is 392 g/mol. The minimum absolute atomic E-state index is 0.00359. The second-order valence-corrected chi connectivity index (χ2v) is 7.49. The number of aryl methyl sites for hydroxylation is 1. The minimum atomic E-state index is 0.00359. The molecular formula is C21H18ClN5O. The maximum atomic E-state index is 10.0. The van der Waals surface area contributed by atoms with Crippen LogP contribution in [0.1, 0.15) is 23.6 Å². The normalized spacial score (nSPS) is 16.2. The van der Waals surface area contributed by atoms with Gasteiger partial charge in [0, 0.05) is 5.56 Å². The van der Waals surface area contributed by atoms with Gasteiger partial charge in [-0.2, -0.15) is 5.10 Å². The van der Waals surface area contributed by atoms with E-state index in [9.17, 15) is 5.11 Å². The maximum Gasteiger partial charge on any atom is 0.164 e. The van der Waals surface area contributed by atoms with E-state index in [1.807, 2.05) is 10.7 Å². The summed E-state index contributed by atoms with van der Waals surface area (Å²) in [5.41, 5.74) is 11.0. The molecule has 0 saturated heterocycles. The number of halogens is 1. The van der Waals surface area contributed by atoms with E-state index in [0.717, 1.165) is 24.8 Å². The Bertz CT molecular complexity index is 1200. The van der Waals surface area contributed by atoms with Crippen molar-refractivity contribution in [2.75, 3.05) is 5.73 Å². The first kappa shape index (κ1) is 17.0. The molecule has 1 aliphatic carbocycles. The molecule has 2 heterocycles. The van der Waals surface area contributed by atoms with Crippen molar-refractivity contribution in [2.24, 2.45) is 0 Å². The zero-order valence-electron chi connectivity index (χ0n) is 15.0. The number of aromatic hydroxyl groups is 1. The maximum absolute atomic E-state index is 10.0. The molecule has 140 valence electrons. The van der Waals surface area contributed by atoms with E-state index in [2.05, 4.69) is 34.2 Å². The molecule has 0 spiro atoms. The van der Waals surface area contributed by atoms with Crippen LogP contribution in [0, 0.1) is 0 Å². The highest BCUT2D eigenvalue weighted by molar-refractivity contribution is 6.32. The summed E-state index contributed by atoms with van der Waals surface area (Å²) >= 11 is 5.97. The van der Waals surface area contributed by atoms with E-state index in [-0.39, 0.29) is 11.8 Å². The molecule has 0 amide bonds. The molecule has 4 aromatic rings. The Balaban J connectivity index is 1.67. The minimum Gasteiger partial charge on any atom is -0.506 e. The van der Waals surface area contributed by atoms with Crippen molar-refractivity contribution in [3.05, 3.63) is 64.9 Å². The lowest BCUT2D eigenvalue weighted by Crippen LogP contribution is -2.20. The molecule has 0 aliphatic heterocycles. The number of phenols is 1. The molecule has 0 radical (unpaired) electrons. The van der Waals surface area contributed by atoms with Crippen molar-refractivity contribution in [3.8, 4) is 17.0 Å². The first-order valence-corrected chi connectivity index (χ1v) is 9.54. The summed E-state index contributed by atoms with van der Waals surface area (Å²) in [6, 6.07) is 13.8. The topological polar surface area (TPSA) is 89.8 Å². The number of hydrogen-bond acceptors (Lipinski definition) is 5. The first-order valence-electron chi connectivity index (χ1n) is 9.16. The van der Waals surface area contributed by atoms with E-state index in [1.165, 1.54) is 17.5 Å². The standard InChI is InChI=1S/C21H18ClN5O/c22-16-8-6-14(10-17(16)28)19-18-20(23)24-11-25-21(18)27(26-19)15-7-5-12-3-1-2-4-13(12)9-15/h1-4,6,8,10-11,15,28H,5,7,9H2,(H2,23,24,25). The van der Waals surface area contributed by atoms with Crippen LogP contribution < -0.4 is 5.73 Å². The second kappa shape index (κ2) is 6.49. The van der Waals surface area contributed by atoms with Crippen molar-refractivity contribution in [1.82, 2.24) is 19.7 Å². The number of benzene rings is 2. The Morgan fingerprint density at radius 2 is 1.93 bits per heavy atom. The van der Waals surface area contributed by atoms with Gasteiger partial charge in [0.1, 0.15) is 23.6 Å². The summed E-state index contributed by atoms with van der Waals surface area (Å²) in [6.45, 7) is 0. The third-order valence-electron chi connectivity index (χ3n) is 5.40. The average Bonchev–Trinajstić information content (AvgIpc) is 3.11. The Kier molecular flexibility index (Phi) is 3.94. The third-order valence-corrected chi connectivity index (χ3v) is 5.72. The fraction of sp³-hybridized carbons (Fsp3) is 0.190. The second-order valence-electron chi connectivity index (χ2n) is 7.08. The van der Waals surface area contributed by atoms with Crippen LogP contribution in [0.2, 0.25) is 5.02 Å². The van der Waals surface area contributed by atoms with Gasteiger partial charge < -0.3 is 10.8 Å². The van der Waals surface area contributed by atoms with E-state index in [4.69, 9.17) is 22.4 Å². The SMILES string of the molecule is Nc1ncnc2c1c(-c1ccc(Cl)c(O)c1)nn2C1CCc2ccccc2C1. The molecule has 2 aromatic carbocycles. The lowest BCUT2D eigenvalue weighted by molar-refractivity contribution is 0.415. The van der Waals surface area contributed by atoms with Crippen molar-refractivity contribution in [2.45, 2.75) is 25.3 Å². The Labute approximate surface area is 166 Å². The van der Waals surface area contributed by atoms with Gasteiger partial charge in [-0.1, -0.05) is 41.9 Å². The molecule has 0 fully saturated rings. The predicted molar refractivity (Wildman–Crippen MR) is 109 cm³/mol. The van der Waals surface area contributed by atoms with Crippen LogP contribution in [-0.2, 0) is 12.8 Å². The van der Waals surface area contributed by atoms with Crippen molar-refractivity contribution < 1.29 is 5.11 Å². The number of aromatic nitrogens is 4. The Morgan fingerprint density at radius 1 is 1.11 bits per heavy atom. The first-order chi connectivity index (χ1) is 13.6. The predicted octanol–water partition coefficient (Wildman–Crippen LogP) is 4.16. The summed E-state index contributed by atoms with van der Waals surface area (Å²) < 4.78 is 1.96. The zero-order valence-corrected chi connectivity index (χ0v) is 15.8. The van der Waals surface area contributed by atoms with Gasteiger partial charge in [0.05, 0.1) is 16.5 Å². The van der Waals surface area contributed by atoms with Crippen LogP contribution in [0.15, 0.2) is 48.8 Å². The van der Waals surface area contributed by atoms with Gasteiger partial charge in [0.15, 0.2) is 5.65 Å². The van der Waals surface area contributed by atoms with Crippen LogP contribution >= 0.6 is 11.6 Å². The van der Waals surface area contributed by atoms with Crippen LogP contribution in [0.3, 0.4) is 0 Å². The fourth-order valence-corrected chi connectivity index (χ4v) is 4.12. The van der Waals surface area contributed by atoms with Crippen molar-refractivity contribution >= 4 is 28.5 Å². The van der Waals surface area contributed by atoms with Crippen molar-refractivity contribution in [3.63, 3.8) is 0 Å². The molecule has 6 nitrogen and oxygen atoms in total. The van der Waals surface area contributed by atoms with E-state index >= 15 is 0 Å². The quantitative estimate of drug-likeness (QED) is 0.535. The number of phenolic OH excluding ortho intramolecular Hbond substituents is 1. The number of nitrogens with zero attached hydrogens (tertiary/aromatic N) is 4. The molecule has 3 N–H and O–H groups in total. The molecular weight excluding hydrogens is 374 g/mol. The lowest BCUT2D eigenvalue weighted by atomic mass is 9.88. The van der Waals surface area contributed by atoms with Crippen molar-refractivity contribution in [1.29, 1.82) is 0 Å². The number of fused-ring (bicyclic) bond motifs is 2. The lowest BCUT2D eigenvalue weighted by Gasteiger charge is -2.25. The van der Waals surface area contributed by atoms with Gasteiger partial charge in [-0.15, -0.1) is 0 Å².